The van der Waals surface area contributed by atoms with E-state index in [1.54, 1.807) is 36.5 Å². The summed E-state index contributed by atoms with van der Waals surface area (Å²) in [6.45, 7) is 0. The van der Waals surface area contributed by atoms with Crippen molar-refractivity contribution < 1.29 is 9.13 Å². The van der Waals surface area contributed by atoms with E-state index in [1.165, 1.54) is 19.4 Å². The summed E-state index contributed by atoms with van der Waals surface area (Å²) in [5.41, 5.74) is 15.2. The van der Waals surface area contributed by atoms with E-state index in [0.717, 1.165) is 5.52 Å². The molecule has 1 aromatic carbocycles. The largest absolute Gasteiger partial charge is 0.495 e. The number of methoxy groups -OCH3 is 1. The number of benzene rings is 1. The average Bonchev–Trinajstić information content (AvgIpc) is 3.03. The number of nitrogens with two attached hydrogens (primary N) is 2. The Bertz CT molecular complexity index is 943. The Morgan fingerprint density at radius 2 is 2.04 bits per heavy atom. The number of aromatic nitrogens is 2. The maximum Gasteiger partial charge on any atom is 0.136 e. The van der Waals surface area contributed by atoms with Gasteiger partial charge in [0.15, 0.2) is 0 Å². The number of halogens is 1. The van der Waals surface area contributed by atoms with E-state index in [-0.39, 0.29) is 5.82 Å². The van der Waals surface area contributed by atoms with Crippen molar-refractivity contribution in [2.75, 3.05) is 7.11 Å². The normalized spacial score (nSPS) is 12.6. The number of H-pyrrole nitrogens is 1. The van der Waals surface area contributed by atoms with Gasteiger partial charge in [-0.2, -0.15) is 0 Å². The highest BCUT2D eigenvalue weighted by Crippen LogP contribution is 2.27. The number of allylic oxidation sites excluding steroid dienone is 1. The van der Waals surface area contributed by atoms with Gasteiger partial charge in [-0.05, 0) is 24.3 Å². The predicted molar refractivity (Wildman–Crippen MR) is 92.9 cm³/mol. The highest BCUT2D eigenvalue weighted by molar-refractivity contribution is 5.90. The minimum atomic E-state index is -0.322. The van der Waals surface area contributed by atoms with Crippen LogP contribution < -0.4 is 11.5 Å². The molecule has 0 amide bonds. The molecule has 5 N–H and O–H groups in total. The Labute approximate surface area is 138 Å². The second-order valence-electron chi connectivity index (χ2n) is 5.15. The molecule has 2 aromatic heterocycles. The topological polar surface area (TPSA) is 90.0 Å². The zero-order chi connectivity index (χ0) is 17.1. The Balaban J connectivity index is 2.12. The number of pyridine rings is 1. The third-order valence-corrected chi connectivity index (χ3v) is 3.68. The lowest BCUT2D eigenvalue weighted by Gasteiger charge is -2.05. The maximum atomic E-state index is 14.0. The van der Waals surface area contributed by atoms with Gasteiger partial charge < -0.3 is 21.2 Å². The minimum absolute atomic E-state index is 0.322. The van der Waals surface area contributed by atoms with Crippen LogP contribution >= 0.6 is 0 Å². The van der Waals surface area contributed by atoms with E-state index in [9.17, 15) is 4.39 Å². The smallest absolute Gasteiger partial charge is 0.136 e. The number of hydrogen-bond acceptors (Lipinski definition) is 4. The number of hydrogen-bond donors (Lipinski definition) is 3. The number of nitrogens with one attached hydrogen (secondary N) is 1. The van der Waals surface area contributed by atoms with Crippen molar-refractivity contribution in [1.29, 1.82) is 0 Å². The number of fused-ring (bicyclic) bond motifs is 1. The summed E-state index contributed by atoms with van der Waals surface area (Å²) in [5, 5.41) is 0. The SMILES string of the molecule is COC(/C=C(\N)c1c[nH]c2ccc(-c3ccccc3F)nc12)=C/N. The lowest BCUT2D eigenvalue weighted by atomic mass is 10.1. The summed E-state index contributed by atoms with van der Waals surface area (Å²) >= 11 is 0. The van der Waals surface area contributed by atoms with Gasteiger partial charge in [0.1, 0.15) is 11.6 Å². The van der Waals surface area contributed by atoms with Crippen LogP contribution in [0.2, 0.25) is 0 Å². The van der Waals surface area contributed by atoms with E-state index in [0.29, 0.717) is 33.8 Å². The van der Waals surface area contributed by atoms with Crippen LogP contribution in [0.15, 0.2) is 60.6 Å². The van der Waals surface area contributed by atoms with Crippen LogP contribution in [0.5, 0.6) is 0 Å². The molecule has 0 spiro atoms. The predicted octanol–water partition coefficient (Wildman–Crippen LogP) is 3.12. The molecule has 0 aliphatic rings. The van der Waals surface area contributed by atoms with Crippen LogP contribution in [-0.2, 0) is 4.74 Å². The van der Waals surface area contributed by atoms with E-state index in [2.05, 4.69) is 9.97 Å². The molecule has 0 atom stereocenters. The van der Waals surface area contributed by atoms with Crippen molar-refractivity contribution in [3.05, 3.63) is 72.0 Å². The van der Waals surface area contributed by atoms with Crippen molar-refractivity contribution in [2.45, 2.75) is 0 Å². The molecule has 6 heteroatoms. The second-order valence-corrected chi connectivity index (χ2v) is 5.15. The minimum Gasteiger partial charge on any atom is -0.495 e. The van der Waals surface area contributed by atoms with Crippen LogP contribution in [0.4, 0.5) is 4.39 Å². The molecule has 0 aliphatic heterocycles. The molecule has 2 heterocycles. The van der Waals surface area contributed by atoms with Gasteiger partial charge in [-0.3, -0.25) is 0 Å². The Morgan fingerprint density at radius 3 is 2.75 bits per heavy atom. The molecule has 5 nitrogen and oxygen atoms in total. The van der Waals surface area contributed by atoms with Gasteiger partial charge in [-0.1, -0.05) is 12.1 Å². The van der Waals surface area contributed by atoms with Gasteiger partial charge in [-0.15, -0.1) is 0 Å². The summed E-state index contributed by atoms with van der Waals surface area (Å²) in [7, 11) is 1.51. The van der Waals surface area contributed by atoms with Crippen LogP contribution in [-0.4, -0.2) is 17.1 Å². The van der Waals surface area contributed by atoms with E-state index in [4.69, 9.17) is 16.2 Å². The molecule has 0 aliphatic carbocycles. The fourth-order valence-corrected chi connectivity index (χ4v) is 2.44. The standard InChI is InChI=1S/C18H17FN4O/c1-24-11(9-20)8-15(21)13-10-22-17-7-6-16(23-18(13)17)12-4-2-3-5-14(12)19/h2-10,22H,20-21H2,1H3/b11-9+,15-8-. The van der Waals surface area contributed by atoms with Gasteiger partial charge in [0.25, 0.3) is 0 Å². The first-order valence-corrected chi connectivity index (χ1v) is 7.30. The molecule has 3 rings (SSSR count). The van der Waals surface area contributed by atoms with Gasteiger partial charge in [0.05, 0.1) is 23.8 Å². The summed E-state index contributed by atoms with van der Waals surface area (Å²) in [6.07, 6.45) is 4.68. The number of aromatic amines is 1. The van der Waals surface area contributed by atoms with Gasteiger partial charge in [-0.25, -0.2) is 9.37 Å². The summed E-state index contributed by atoms with van der Waals surface area (Å²) < 4.78 is 19.1. The van der Waals surface area contributed by atoms with Crippen LogP contribution in [0.25, 0.3) is 28.0 Å². The average molecular weight is 324 g/mol. The van der Waals surface area contributed by atoms with Crippen LogP contribution in [0.3, 0.4) is 0 Å². The van der Waals surface area contributed by atoms with Crippen molar-refractivity contribution in [3.63, 3.8) is 0 Å². The zero-order valence-electron chi connectivity index (χ0n) is 13.1. The third-order valence-electron chi connectivity index (χ3n) is 3.68. The number of rotatable bonds is 4. The molecule has 122 valence electrons. The lowest BCUT2D eigenvalue weighted by molar-refractivity contribution is 0.306. The van der Waals surface area contributed by atoms with Gasteiger partial charge in [0, 0.05) is 35.3 Å². The molecule has 0 bridgehead atoms. The maximum absolute atomic E-state index is 14.0. The first-order valence-electron chi connectivity index (χ1n) is 7.30. The van der Waals surface area contributed by atoms with Crippen molar-refractivity contribution in [2.24, 2.45) is 11.5 Å². The molecular formula is C18H17FN4O. The molecule has 0 radical (unpaired) electrons. The third kappa shape index (κ3) is 2.81. The lowest BCUT2D eigenvalue weighted by Crippen LogP contribution is -1.99. The second kappa shape index (κ2) is 6.45. The van der Waals surface area contributed by atoms with Crippen molar-refractivity contribution >= 4 is 16.7 Å². The highest BCUT2D eigenvalue weighted by atomic mass is 19.1. The Morgan fingerprint density at radius 1 is 1.25 bits per heavy atom. The summed E-state index contributed by atoms with van der Waals surface area (Å²) in [5.74, 6) is 0.116. The summed E-state index contributed by atoms with van der Waals surface area (Å²) in [6, 6.07) is 10.1. The fourth-order valence-electron chi connectivity index (χ4n) is 2.44. The molecule has 0 fully saturated rings. The first-order chi connectivity index (χ1) is 11.6. The molecular weight excluding hydrogens is 307 g/mol. The van der Waals surface area contributed by atoms with Gasteiger partial charge >= 0.3 is 0 Å². The fraction of sp³-hybridized carbons (Fsp3) is 0.0556. The van der Waals surface area contributed by atoms with E-state index in [1.807, 2.05) is 6.07 Å². The van der Waals surface area contributed by atoms with Gasteiger partial charge in [0.2, 0.25) is 0 Å². The molecule has 0 saturated heterocycles. The highest BCUT2D eigenvalue weighted by Gasteiger charge is 2.12. The van der Waals surface area contributed by atoms with Crippen molar-refractivity contribution in [1.82, 2.24) is 9.97 Å². The number of nitrogens with zero attached hydrogens (tertiary/aromatic N) is 1. The monoisotopic (exact) mass is 324 g/mol. The molecule has 24 heavy (non-hydrogen) atoms. The Hall–Kier alpha value is -3.28. The quantitative estimate of drug-likeness (QED) is 0.508. The number of ether oxygens (including phenoxy) is 1. The zero-order valence-corrected chi connectivity index (χ0v) is 13.1. The van der Waals surface area contributed by atoms with Crippen molar-refractivity contribution in [3.8, 4) is 11.3 Å². The first kappa shape index (κ1) is 15.6. The van der Waals surface area contributed by atoms with E-state index >= 15 is 0 Å². The molecule has 0 saturated carbocycles. The molecule has 3 aromatic rings. The van der Waals surface area contributed by atoms with Crippen LogP contribution in [0.1, 0.15) is 5.56 Å². The Kier molecular flexibility index (Phi) is 4.20. The van der Waals surface area contributed by atoms with Crippen LogP contribution in [0, 0.1) is 5.82 Å². The van der Waals surface area contributed by atoms with E-state index < -0.39 is 0 Å². The molecule has 0 unspecified atom stereocenters. The summed E-state index contributed by atoms with van der Waals surface area (Å²) in [4.78, 5) is 7.67.